The maximum absolute atomic E-state index is 10.8. The molecule has 0 fully saturated rings. The van der Waals surface area contributed by atoms with Gasteiger partial charge in [-0.15, -0.1) is 0 Å². The van der Waals surface area contributed by atoms with Gasteiger partial charge >= 0.3 is 0 Å². The summed E-state index contributed by atoms with van der Waals surface area (Å²) in [5, 5.41) is 3.51. The first-order chi connectivity index (χ1) is 5.22. The normalized spacial score (nSPS) is 9.64. The van der Waals surface area contributed by atoms with Gasteiger partial charge in [0.05, 0.1) is 15.3 Å². The molecule has 1 N–H and O–H groups in total. The van der Waals surface area contributed by atoms with E-state index in [9.17, 15) is 4.79 Å². The molecule has 0 saturated heterocycles. The van der Waals surface area contributed by atoms with Crippen LogP contribution in [0.2, 0.25) is 0 Å². The molecule has 0 radical (unpaired) electrons. The molecular weight excluding hydrogens is 296 g/mol. The maximum Gasteiger partial charge on any atom is 0.236 e. The average molecular weight is 300 g/mol. The Kier molecular flexibility index (Phi) is 3.47. The Morgan fingerprint density at radius 2 is 2.55 bits per heavy atom. The fourth-order valence-electron chi connectivity index (χ4n) is 0.465. The standard InChI is InChI=1S/C5H4Br2N2OS/c6-1-4(10)9-5-8-2-3(7)11-5/h2H,1H2,(H,8,9,10). The van der Waals surface area contributed by atoms with Gasteiger partial charge in [-0.1, -0.05) is 27.3 Å². The molecule has 0 spiro atoms. The quantitative estimate of drug-likeness (QED) is 0.851. The lowest BCUT2D eigenvalue weighted by Gasteiger charge is -1.94. The van der Waals surface area contributed by atoms with E-state index in [1.165, 1.54) is 11.3 Å². The molecule has 0 bridgehead atoms. The van der Waals surface area contributed by atoms with E-state index in [0.717, 1.165) is 3.79 Å². The highest BCUT2D eigenvalue weighted by molar-refractivity contribution is 9.11. The summed E-state index contributed by atoms with van der Waals surface area (Å²) in [7, 11) is 0. The maximum atomic E-state index is 10.8. The SMILES string of the molecule is O=C(CBr)Nc1ncc(Br)s1. The van der Waals surface area contributed by atoms with E-state index in [0.29, 0.717) is 10.5 Å². The number of carbonyl (C=O) groups excluding carboxylic acids is 1. The lowest BCUT2D eigenvalue weighted by Crippen LogP contribution is -2.11. The van der Waals surface area contributed by atoms with Crippen LogP contribution >= 0.6 is 43.2 Å². The number of hydrogen-bond acceptors (Lipinski definition) is 3. The summed E-state index contributed by atoms with van der Waals surface area (Å²) in [6.07, 6.45) is 1.65. The summed E-state index contributed by atoms with van der Waals surface area (Å²) in [5.41, 5.74) is 0. The zero-order valence-corrected chi connectivity index (χ0v) is 9.29. The summed E-state index contributed by atoms with van der Waals surface area (Å²) in [6, 6.07) is 0. The van der Waals surface area contributed by atoms with E-state index in [2.05, 4.69) is 42.2 Å². The molecule has 0 saturated carbocycles. The predicted octanol–water partition coefficient (Wildman–Crippen LogP) is 2.24. The van der Waals surface area contributed by atoms with Gasteiger partial charge in [0.2, 0.25) is 5.91 Å². The second-order valence-corrected chi connectivity index (χ2v) is 4.62. The molecule has 1 aromatic rings. The van der Waals surface area contributed by atoms with Crippen LogP contribution in [0.1, 0.15) is 0 Å². The van der Waals surface area contributed by atoms with E-state index >= 15 is 0 Å². The van der Waals surface area contributed by atoms with Crippen molar-refractivity contribution < 1.29 is 4.79 Å². The molecule has 0 aliphatic rings. The summed E-state index contributed by atoms with van der Waals surface area (Å²) in [5.74, 6) is -0.0909. The molecule has 1 aromatic heterocycles. The van der Waals surface area contributed by atoms with Crippen LogP contribution in [0.4, 0.5) is 5.13 Å². The third-order valence-electron chi connectivity index (χ3n) is 0.845. The van der Waals surface area contributed by atoms with Gasteiger partial charge in [0.1, 0.15) is 0 Å². The van der Waals surface area contributed by atoms with E-state index in [4.69, 9.17) is 0 Å². The van der Waals surface area contributed by atoms with Crippen molar-refractivity contribution in [3.05, 3.63) is 9.98 Å². The van der Waals surface area contributed by atoms with Gasteiger partial charge in [-0.25, -0.2) is 4.98 Å². The van der Waals surface area contributed by atoms with Crippen molar-refractivity contribution in [2.24, 2.45) is 0 Å². The second kappa shape index (κ2) is 4.18. The minimum Gasteiger partial charge on any atom is -0.301 e. The topological polar surface area (TPSA) is 42.0 Å². The van der Waals surface area contributed by atoms with Crippen molar-refractivity contribution in [3.8, 4) is 0 Å². The first-order valence-corrected chi connectivity index (χ1v) is 5.42. The van der Waals surface area contributed by atoms with Crippen molar-refractivity contribution >= 4 is 54.2 Å². The molecule has 60 valence electrons. The molecule has 1 amide bonds. The average Bonchev–Trinajstić information content (AvgIpc) is 2.35. The fraction of sp³-hybridized carbons (Fsp3) is 0.200. The number of thiazole rings is 1. The number of hydrogen-bond donors (Lipinski definition) is 1. The molecule has 3 nitrogen and oxygen atoms in total. The van der Waals surface area contributed by atoms with Crippen LogP contribution in [0, 0.1) is 0 Å². The van der Waals surface area contributed by atoms with Crippen molar-refractivity contribution in [1.82, 2.24) is 4.98 Å². The van der Waals surface area contributed by atoms with Gasteiger partial charge in [-0.05, 0) is 15.9 Å². The zero-order valence-electron chi connectivity index (χ0n) is 5.30. The Morgan fingerprint density at radius 1 is 1.82 bits per heavy atom. The molecule has 1 heterocycles. The summed E-state index contributed by atoms with van der Waals surface area (Å²) >= 11 is 7.65. The number of alkyl halides is 1. The molecule has 1 rings (SSSR count). The third kappa shape index (κ3) is 2.88. The smallest absolute Gasteiger partial charge is 0.236 e. The van der Waals surface area contributed by atoms with Crippen LogP contribution in [0.15, 0.2) is 9.98 Å². The van der Waals surface area contributed by atoms with Crippen molar-refractivity contribution in [2.45, 2.75) is 0 Å². The highest BCUT2D eigenvalue weighted by Crippen LogP contribution is 2.22. The lowest BCUT2D eigenvalue weighted by molar-refractivity contribution is -0.113. The number of carbonyl (C=O) groups is 1. The van der Waals surface area contributed by atoms with Crippen molar-refractivity contribution in [2.75, 3.05) is 10.6 Å². The monoisotopic (exact) mass is 298 g/mol. The molecule has 0 aliphatic heterocycles. The second-order valence-electron chi connectivity index (χ2n) is 1.65. The van der Waals surface area contributed by atoms with Gasteiger partial charge in [-0.3, -0.25) is 4.79 Å². The molecule has 11 heavy (non-hydrogen) atoms. The molecule has 0 atom stereocenters. The van der Waals surface area contributed by atoms with Gasteiger partial charge in [0.15, 0.2) is 5.13 Å². The van der Waals surface area contributed by atoms with Gasteiger partial charge in [-0.2, -0.15) is 0 Å². The number of anilines is 1. The Hall–Kier alpha value is 0.0600. The molecule has 0 aromatic carbocycles. The van der Waals surface area contributed by atoms with Crippen molar-refractivity contribution in [3.63, 3.8) is 0 Å². The molecular formula is C5H4Br2N2OS. The predicted molar refractivity (Wildman–Crippen MR) is 52.2 cm³/mol. The van der Waals surface area contributed by atoms with Crippen LogP contribution in [0.25, 0.3) is 0 Å². The third-order valence-corrected chi connectivity index (χ3v) is 2.75. The van der Waals surface area contributed by atoms with Crippen molar-refractivity contribution in [1.29, 1.82) is 0 Å². The number of nitrogens with one attached hydrogen (secondary N) is 1. The lowest BCUT2D eigenvalue weighted by atomic mass is 10.7. The van der Waals surface area contributed by atoms with Gasteiger partial charge in [0, 0.05) is 0 Å². The van der Waals surface area contributed by atoms with Crippen LogP contribution < -0.4 is 5.32 Å². The number of aromatic nitrogens is 1. The first-order valence-electron chi connectivity index (χ1n) is 2.69. The summed E-state index contributed by atoms with van der Waals surface area (Å²) in [6.45, 7) is 0. The Bertz CT molecular complexity index is 263. The van der Waals surface area contributed by atoms with E-state index in [1.54, 1.807) is 6.20 Å². The number of amides is 1. The number of halogens is 2. The highest BCUT2D eigenvalue weighted by atomic mass is 79.9. The van der Waals surface area contributed by atoms with E-state index < -0.39 is 0 Å². The summed E-state index contributed by atoms with van der Waals surface area (Å²) in [4.78, 5) is 14.7. The highest BCUT2D eigenvalue weighted by Gasteiger charge is 2.02. The van der Waals surface area contributed by atoms with E-state index in [-0.39, 0.29) is 5.91 Å². The molecule has 0 unspecified atom stereocenters. The van der Waals surface area contributed by atoms with Crippen LogP contribution in [-0.4, -0.2) is 16.2 Å². The fourth-order valence-corrected chi connectivity index (χ4v) is 1.73. The van der Waals surface area contributed by atoms with Gasteiger partial charge < -0.3 is 5.32 Å². The minimum atomic E-state index is -0.0909. The number of rotatable bonds is 2. The largest absolute Gasteiger partial charge is 0.301 e. The van der Waals surface area contributed by atoms with Crippen LogP contribution in [0.3, 0.4) is 0 Å². The Labute approximate surface area is 84.5 Å². The number of nitrogens with zero attached hydrogens (tertiary/aromatic N) is 1. The minimum absolute atomic E-state index is 0.0909. The first kappa shape index (κ1) is 9.15. The Balaban J connectivity index is 2.57. The van der Waals surface area contributed by atoms with Crippen LogP contribution in [0.5, 0.6) is 0 Å². The molecule has 0 aliphatic carbocycles. The molecule has 6 heteroatoms. The van der Waals surface area contributed by atoms with Crippen LogP contribution in [-0.2, 0) is 4.79 Å². The van der Waals surface area contributed by atoms with E-state index in [1.807, 2.05) is 0 Å². The zero-order chi connectivity index (χ0) is 8.27. The Morgan fingerprint density at radius 3 is 3.00 bits per heavy atom. The van der Waals surface area contributed by atoms with Gasteiger partial charge in [0.25, 0.3) is 0 Å². The summed E-state index contributed by atoms with van der Waals surface area (Å²) < 4.78 is 0.905.